The molecule has 1 N–H and O–H groups in total. The molecule has 0 radical (unpaired) electrons. The molecule has 3 heterocycles. The molecule has 0 spiro atoms. The average Bonchev–Trinajstić information content (AvgIpc) is 3.32. The minimum absolute atomic E-state index is 0.173. The second-order valence-electron chi connectivity index (χ2n) is 7.64. The molecular weight excluding hydrogens is 394 g/mol. The lowest BCUT2D eigenvalue weighted by atomic mass is 10.1. The van der Waals surface area contributed by atoms with Gasteiger partial charge in [-0.25, -0.2) is 4.98 Å². The summed E-state index contributed by atoms with van der Waals surface area (Å²) in [6.45, 7) is 9.97. The molecular formula is C23H27N5O3. The molecule has 0 saturated carbocycles. The van der Waals surface area contributed by atoms with Crippen LogP contribution in [-0.4, -0.2) is 44.6 Å². The number of hydrogen-bond donors (Lipinski definition) is 1. The van der Waals surface area contributed by atoms with Crippen LogP contribution in [0, 0.1) is 6.92 Å². The van der Waals surface area contributed by atoms with E-state index in [1.54, 1.807) is 14.0 Å². The zero-order valence-electron chi connectivity index (χ0n) is 18.3. The van der Waals surface area contributed by atoms with Crippen molar-refractivity contribution in [3.8, 4) is 0 Å². The number of anilines is 1. The number of nitrogens with zero attached hydrogens (tertiary/aromatic N) is 4. The molecule has 4 aromatic rings. The van der Waals surface area contributed by atoms with Crippen molar-refractivity contribution < 1.29 is 9.21 Å². The SMILES string of the molecule is CCN(CC)CCn1ccc2cc(NC(=O)c3c(C)oc4ncn(C)c(=O)c34)ccc21. The summed E-state index contributed by atoms with van der Waals surface area (Å²) in [6, 6.07) is 7.87. The Labute approximate surface area is 180 Å². The number of furan rings is 1. The molecule has 8 heteroatoms. The van der Waals surface area contributed by atoms with Crippen LogP contribution < -0.4 is 10.9 Å². The number of hydrogen-bond acceptors (Lipinski definition) is 5. The van der Waals surface area contributed by atoms with Crippen LogP contribution in [0.2, 0.25) is 0 Å². The first kappa shape index (κ1) is 20.9. The van der Waals surface area contributed by atoms with Gasteiger partial charge < -0.3 is 23.8 Å². The molecule has 0 atom stereocenters. The van der Waals surface area contributed by atoms with Gasteiger partial charge in [0.05, 0.1) is 5.56 Å². The number of benzene rings is 1. The van der Waals surface area contributed by atoms with Gasteiger partial charge in [0.15, 0.2) is 0 Å². The number of amides is 1. The van der Waals surface area contributed by atoms with Gasteiger partial charge in [-0.1, -0.05) is 13.8 Å². The van der Waals surface area contributed by atoms with E-state index < -0.39 is 0 Å². The lowest BCUT2D eigenvalue weighted by Crippen LogP contribution is -2.26. The van der Waals surface area contributed by atoms with Crippen molar-refractivity contribution in [1.29, 1.82) is 0 Å². The maximum absolute atomic E-state index is 13.0. The minimum atomic E-state index is -0.387. The van der Waals surface area contributed by atoms with Crippen LogP contribution in [-0.2, 0) is 13.6 Å². The monoisotopic (exact) mass is 421 g/mol. The fourth-order valence-electron chi connectivity index (χ4n) is 3.92. The lowest BCUT2D eigenvalue weighted by molar-refractivity contribution is 0.102. The molecule has 3 aromatic heterocycles. The fraction of sp³-hybridized carbons (Fsp3) is 0.348. The number of likely N-dealkylation sites (N-methyl/N-ethyl adjacent to an activating group) is 1. The van der Waals surface area contributed by atoms with Crippen LogP contribution in [0.3, 0.4) is 0 Å². The summed E-state index contributed by atoms with van der Waals surface area (Å²) in [4.78, 5) is 32.0. The van der Waals surface area contributed by atoms with E-state index in [9.17, 15) is 9.59 Å². The summed E-state index contributed by atoms with van der Waals surface area (Å²) in [7, 11) is 1.59. The molecule has 0 fully saturated rings. The van der Waals surface area contributed by atoms with Crippen LogP contribution in [0.1, 0.15) is 30.0 Å². The first-order valence-electron chi connectivity index (χ1n) is 10.5. The second-order valence-corrected chi connectivity index (χ2v) is 7.64. The van der Waals surface area contributed by atoms with Gasteiger partial charge in [-0.05, 0) is 44.3 Å². The highest BCUT2D eigenvalue weighted by molar-refractivity contribution is 6.13. The number of carbonyl (C=O) groups excluding carboxylic acids is 1. The van der Waals surface area contributed by atoms with Crippen molar-refractivity contribution >= 4 is 33.6 Å². The van der Waals surface area contributed by atoms with Crippen LogP contribution in [0.5, 0.6) is 0 Å². The average molecular weight is 422 g/mol. The third kappa shape index (κ3) is 3.86. The Balaban J connectivity index is 1.59. The van der Waals surface area contributed by atoms with Gasteiger partial charge in [0, 0.05) is 42.9 Å². The first-order chi connectivity index (χ1) is 14.9. The highest BCUT2D eigenvalue weighted by Gasteiger charge is 2.22. The van der Waals surface area contributed by atoms with Crippen LogP contribution in [0.4, 0.5) is 5.69 Å². The molecule has 162 valence electrons. The molecule has 1 aromatic carbocycles. The highest BCUT2D eigenvalue weighted by atomic mass is 16.3. The van der Waals surface area contributed by atoms with Gasteiger partial charge in [0.25, 0.3) is 11.5 Å². The van der Waals surface area contributed by atoms with E-state index >= 15 is 0 Å². The number of aryl methyl sites for hydroxylation is 2. The van der Waals surface area contributed by atoms with Gasteiger partial charge in [-0.2, -0.15) is 0 Å². The van der Waals surface area contributed by atoms with Crippen LogP contribution in [0.25, 0.3) is 22.0 Å². The molecule has 0 saturated heterocycles. The molecule has 8 nitrogen and oxygen atoms in total. The standard InChI is InChI=1S/C23H27N5O3/c1-5-27(6-2)11-12-28-10-9-16-13-17(7-8-18(16)28)25-21(29)19-15(3)31-22-20(19)23(30)26(4)14-24-22/h7-10,13-14H,5-6,11-12H2,1-4H3,(H,25,29). The van der Waals surface area contributed by atoms with Gasteiger partial charge >= 0.3 is 0 Å². The van der Waals surface area contributed by atoms with Crippen molar-refractivity contribution in [2.45, 2.75) is 27.3 Å². The number of nitrogens with one attached hydrogen (secondary N) is 1. The third-order valence-electron chi connectivity index (χ3n) is 5.76. The first-order valence-corrected chi connectivity index (χ1v) is 10.5. The third-order valence-corrected chi connectivity index (χ3v) is 5.76. The summed E-state index contributed by atoms with van der Waals surface area (Å²) in [5, 5.41) is 4.14. The minimum Gasteiger partial charge on any atom is -0.442 e. The number of fused-ring (bicyclic) bond motifs is 2. The Morgan fingerprint density at radius 2 is 2.00 bits per heavy atom. The van der Waals surface area contributed by atoms with Crippen molar-refractivity contribution in [2.24, 2.45) is 7.05 Å². The Bertz CT molecular complexity index is 1310. The van der Waals surface area contributed by atoms with Crippen molar-refractivity contribution in [1.82, 2.24) is 19.0 Å². The Morgan fingerprint density at radius 1 is 1.23 bits per heavy atom. The topological polar surface area (TPSA) is 85.3 Å². The molecule has 0 unspecified atom stereocenters. The second kappa shape index (κ2) is 8.39. The number of aromatic nitrogens is 3. The van der Waals surface area contributed by atoms with Gasteiger partial charge in [-0.15, -0.1) is 0 Å². The van der Waals surface area contributed by atoms with E-state index in [1.165, 1.54) is 10.9 Å². The van der Waals surface area contributed by atoms with E-state index in [-0.39, 0.29) is 28.1 Å². The fourth-order valence-corrected chi connectivity index (χ4v) is 3.92. The molecule has 31 heavy (non-hydrogen) atoms. The van der Waals surface area contributed by atoms with Crippen LogP contribution in [0.15, 0.2) is 46.0 Å². The predicted octanol–water partition coefficient (Wildman–Crippen LogP) is 3.38. The summed E-state index contributed by atoms with van der Waals surface area (Å²) in [5.74, 6) is -0.0198. The Hall–Kier alpha value is -3.39. The summed E-state index contributed by atoms with van der Waals surface area (Å²) >= 11 is 0. The van der Waals surface area contributed by atoms with E-state index in [0.717, 1.165) is 37.1 Å². The molecule has 0 bridgehead atoms. The van der Waals surface area contributed by atoms with Crippen molar-refractivity contribution in [2.75, 3.05) is 25.0 Å². The molecule has 4 rings (SSSR count). The molecule has 0 aliphatic rings. The van der Waals surface area contributed by atoms with E-state index in [0.29, 0.717) is 11.4 Å². The van der Waals surface area contributed by atoms with Gasteiger partial charge in [0.2, 0.25) is 5.71 Å². The van der Waals surface area contributed by atoms with Gasteiger partial charge in [0.1, 0.15) is 17.5 Å². The summed E-state index contributed by atoms with van der Waals surface area (Å²) < 4.78 is 9.10. The van der Waals surface area contributed by atoms with Crippen molar-refractivity contribution in [3.63, 3.8) is 0 Å². The van der Waals surface area contributed by atoms with E-state index in [1.807, 2.05) is 24.3 Å². The smallest absolute Gasteiger partial charge is 0.265 e. The zero-order chi connectivity index (χ0) is 22.1. The molecule has 0 aliphatic carbocycles. The quantitative estimate of drug-likeness (QED) is 0.494. The normalized spacial score (nSPS) is 11.6. The van der Waals surface area contributed by atoms with E-state index in [4.69, 9.17) is 4.42 Å². The van der Waals surface area contributed by atoms with E-state index in [2.05, 4.69) is 39.8 Å². The van der Waals surface area contributed by atoms with Crippen molar-refractivity contribution in [3.05, 3.63) is 58.5 Å². The molecule has 1 amide bonds. The predicted molar refractivity (Wildman–Crippen MR) is 122 cm³/mol. The lowest BCUT2D eigenvalue weighted by Gasteiger charge is -2.18. The van der Waals surface area contributed by atoms with Gasteiger partial charge in [-0.3, -0.25) is 9.59 Å². The highest BCUT2D eigenvalue weighted by Crippen LogP contribution is 2.24. The maximum Gasteiger partial charge on any atom is 0.265 e. The zero-order valence-corrected chi connectivity index (χ0v) is 18.3. The summed E-state index contributed by atoms with van der Waals surface area (Å²) in [5.41, 5.74) is 1.86. The van der Waals surface area contributed by atoms with Crippen LogP contribution >= 0.6 is 0 Å². The Morgan fingerprint density at radius 3 is 2.74 bits per heavy atom. The summed E-state index contributed by atoms with van der Waals surface area (Å²) in [6.07, 6.45) is 3.46. The maximum atomic E-state index is 13.0. The molecule has 0 aliphatic heterocycles. The largest absolute Gasteiger partial charge is 0.442 e. The number of rotatable bonds is 7. The number of carbonyl (C=O) groups is 1. The Kier molecular flexibility index (Phi) is 5.65.